The molecule has 0 radical (unpaired) electrons. The summed E-state index contributed by atoms with van der Waals surface area (Å²) in [7, 11) is 0. The molecule has 0 bridgehead atoms. The highest BCUT2D eigenvalue weighted by Crippen LogP contribution is 2.31. The molecule has 0 spiro atoms. The number of H-pyrrole nitrogens is 2. The highest BCUT2D eigenvalue weighted by atomic mass is 19.3. The number of hydrogen-bond acceptors (Lipinski definition) is 6. The maximum Gasteiger partial charge on any atom is 0.263 e. The Labute approximate surface area is 162 Å². The van der Waals surface area contributed by atoms with Crippen molar-refractivity contribution in [3.05, 3.63) is 34.0 Å². The topological polar surface area (TPSA) is 116 Å². The zero-order valence-corrected chi connectivity index (χ0v) is 15.5. The Morgan fingerprint density at radius 1 is 1.31 bits per heavy atom. The SMILES string of the molecule is Cc1c(C(=O)N2CC(N3CCC(F)(F)C3)C2)cnn1-c1nc2[nH]ncc2c(=O)[nH]1. The first-order valence-corrected chi connectivity index (χ1v) is 9.22. The van der Waals surface area contributed by atoms with Gasteiger partial charge in [-0.3, -0.25) is 24.6 Å². The quantitative estimate of drug-likeness (QED) is 0.649. The number of hydrogen-bond donors (Lipinski definition) is 2. The minimum Gasteiger partial charge on any atom is -0.335 e. The normalized spacial score (nSPS) is 19.8. The van der Waals surface area contributed by atoms with Gasteiger partial charge >= 0.3 is 0 Å². The molecule has 5 heterocycles. The summed E-state index contributed by atoms with van der Waals surface area (Å²) >= 11 is 0. The minimum absolute atomic E-state index is 0.0384. The number of carbonyl (C=O) groups excluding carboxylic acids is 1. The number of carbonyl (C=O) groups is 1. The van der Waals surface area contributed by atoms with Crippen LogP contribution < -0.4 is 5.56 Å². The largest absolute Gasteiger partial charge is 0.335 e. The average molecular weight is 404 g/mol. The lowest BCUT2D eigenvalue weighted by molar-refractivity contribution is -0.00874. The van der Waals surface area contributed by atoms with Crippen molar-refractivity contribution in [2.24, 2.45) is 0 Å². The van der Waals surface area contributed by atoms with Crippen molar-refractivity contribution in [1.82, 2.24) is 39.7 Å². The van der Waals surface area contributed by atoms with E-state index in [0.29, 0.717) is 41.9 Å². The molecule has 3 aromatic heterocycles. The van der Waals surface area contributed by atoms with Gasteiger partial charge in [0.05, 0.1) is 30.2 Å². The highest BCUT2D eigenvalue weighted by Gasteiger charge is 2.45. The van der Waals surface area contributed by atoms with Gasteiger partial charge in [-0.2, -0.15) is 15.2 Å². The summed E-state index contributed by atoms with van der Waals surface area (Å²) in [4.78, 5) is 35.2. The molecule has 12 heteroatoms. The van der Waals surface area contributed by atoms with Crippen LogP contribution in [0.15, 0.2) is 17.2 Å². The van der Waals surface area contributed by atoms with Gasteiger partial charge < -0.3 is 4.90 Å². The maximum atomic E-state index is 13.4. The van der Waals surface area contributed by atoms with Crippen molar-refractivity contribution in [3.63, 3.8) is 0 Å². The van der Waals surface area contributed by atoms with Gasteiger partial charge in [0.1, 0.15) is 5.39 Å². The van der Waals surface area contributed by atoms with Crippen molar-refractivity contribution in [1.29, 1.82) is 0 Å². The number of rotatable bonds is 3. The molecule has 3 aromatic rings. The summed E-state index contributed by atoms with van der Waals surface area (Å²) in [5.41, 5.74) is 0.852. The molecule has 2 N–H and O–H groups in total. The standard InChI is InChI=1S/C17H18F2N8O2/c1-9-11(15(29)26-6-10(7-26)25-3-2-17(18,19)8-25)5-21-27(9)16-22-13-12(4-20-24-13)14(28)23-16/h4-5,10H,2-3,6-8H2,1H3,(H2,20,22,23,24,28). The summed E-state index contributed by atoms with van der Waals surface area (Å²) in [6.45, 7) is 2.64. The van der Waals surface area contributed by atoms with E-state index in [1.807, 2.05) is 0 Å². The zero-order valence-electron chi connectivity index (χ0n) is 15.5. The molecule has 2 saturated heterocycles. The van der Waals surface area contributed by atoms with E-state index in [2.05, 4.69) is 25.3 Å². The summed E-state index contributed by atoms with van der Waals surface area (Å²) in [6, 6.07) is -0.0384. The Morgan fingerprint density at radius 3 is 2.83 bits per heavy atom. The Kier molecular flexibility index (Phi) is 3.81. The summed E-state index contributed by atoms with van der Waals surface area (Å²) in [5, 5.41) is 10.9. The van der Waals surface area contributed by atoms with E-state index in [9.17, 15) is 18.4 Å². The van der Waals surface area contributed by atoms with Crippen LogP contribution in [0.3, 0.4) is 0 Å². The van der Waals surface area contributed by atoms with Gasteiger partial charge in [0.2, 0.25) is 5.95 Å². The summed E-state index contributed by atoms with van der Waals surface area (Å²) in [5.74, 6) is -2.69. The van der Waals surface area contributed by atoms with Crippen molar-refractivity contribution < 1.29 is 13.6 Å². The molecule has 152 valence electrons. The number of aromatic nitrogens is 6. The molecule has 0 saturated carbocycles. The van der Waals surface area contributed by atoms with Crippen LogP contribution in [0.5, 0.6) is 0 Å². The molecule has 29 heavy (non-hydrogen) atoms. The van der Waals surface area contributed by atoms with Crippen LogP contribution in [0.4, 0.5) is 8.78 Å². The van der Waals surface area contributed by atoms with E-state index in [1.54, 1.807) is 16.7 Å². The lowest BCUT2D eigenvalue weighted by Crippen LogP contribution is -2.60. The molecule has 2 fully saturated rings. The van der Waals surface area contributed by atoms with Crippen LogP contribution in [0.25, 0.3) is 17.0 Å². The van der Waals surface area contributed by atoms with Crippen LogP contribution in [0.2, 0.25) is 0 Å². The second kappa shape index (κ2) is 6.17. The van der Waals surface area contributed by atoms with Gasteiger partial charge in [-0.25, -0.2) is 13.5 Å². The fourth-order valence-corrected chi connectivity index (χ4v) is 3.86. The first kappa shape index (κ1) is 17.9. The zero-order chi connectivity index (χ0) is 20.3. The molecule has 1 amide bonds. The number of nitrogens with zero attached hydrogens (tertiary/aromatic N) is 6. The lowest BCUT2D eigenvalue weighted by atomic mass is 10.1. The maximum absolute atomic E-state index is 13.4. The minimum atomic E-state index is -2.64. The number of amides is 1. The third-order valence-electron chi connectivity index (χ3n) is 5.61. The van der Waals surface area contributed by atoms with Crippen LogP contribution in [-0.2, 0) is 0 Å². The molecule has 10 nitrogen and oxygen atoms in total. The number of halogens is 2. The first-order valence-electron chi connectivity index (χ1n) is 9.22. The van der Waals surface area contributed by atoms with Gasteiger partial charge in [-0.1, -0.05) is 0 Å². The fourth-order valence-electron chi connectivity index (χ4n) is 3.86. The van der Waals surface area contributed by atoms with Crippen molar-refractivity contribution in [3.8, 4) is 5.95 Å². The molecule has 0 aliphatic carbocycles. The van der Waals surface area contributed by atoms with Crippen molar-refractivity contribution in [2.45, 2.75) is 25.3 Å². The predicted octanol–water partition coefficient (Wildman–Crippen LogP) is 0.306. The van der Waals surface area contributed by atoms with Crippen LogP contribution in [0.1, 0.15) is 22.5 Å². The molecule has 0 unspecified atom stereocenters. The van der Waals surface area contributed by atoms with Gasteiger partial charge in [0.15, 0.2) is 5.65 Å². The van der Waals surface area contributed by atoms with E-state index in [4.69, 9.17) is 0 Å². The predicted molar refractivity (Wildman–Crippen MR) is 97.2 cm³/mol. The third kappa shape index (κ3) is 2.90. The van der Waals surface area contributed by atoms with Gasteiger partial charge in [0, 0.05) is 32.1 Å². The summed E-state index contributed by atoms with van der Waals surface area (Å²) in [6.07, 6.45) is 2.67. The van der Waals surface area contributed by atoms with E-state index < -0.39 is 5.92 Å². The monoisotopic (exact) mass is 404 g/mol. The van der Waals surface area contributed by atoms with Crippen LogP contribution >= 0.6 is 0 Å². The lowest BCUT2D eigenvalue weighted by Gasteiger charge is -2.43. The summed E-state index contributed by atoms with van der Waals surface area (Å²) < 4.78 is 28.2. The number of alkyl halides is 2. The second-order valence-corrected chi connectivity index (χ2v) is 7.52. The Balaban J connectivity index is 1.33. The first-order chi connectivity index (χ1) is 13.8. The highest BCUT2D eigenvalue weighted by molar-refractivity contribution is 5.95. The Bertz CT molecular complexity index is 1160. The van der Waals surface area contributed by atoms with Crippen LogP contribution in [-0.4, -0.2) is 83.8 Å². The number of fused-ring (bicyclic) bond motifs is 1. The van der Waals surface area contributed by atoms with Crippen molar-refractivity contribution in [2.75, 3.05) is 26.2 Å². The smallest absolute Gasteiger partial charge is 0.263 e. The van der Waals surface area contributed by atoms with E-state index >= 15 is 0 Å². The fraction of sp³-hybridized carbons (Fsp3) is 0.471. The van der Waals surface area contributed by atoms with Gasteiger partial charge in [-0.15, -0.1) is 0 Å². The van der Waals surface area contributed by atoms with Gasteiger partial charge in [0.25, 0.3) is 17.4 Å². The number of likely N-dealkylation sites (tertiary alicyclic amines) is 2. The molecule has 2 aliphatic rings. The van der Waals surface area contributed by atoms with E-state index in [-0.39, 0.29) is 36.4 Å². The molecule has 2 aliphatic heterocycles. The third-order valence-corrected chi connectivity index (χ3v) is 5.61. The van der Waals surface area contributed by atoms with E-state index in [1.165, 1.54) is 17.1 Å². The molecule has 5 rings (SSSR count). The molecular weight excluding hydrogens is 386 g/mol. The number of aromatic amines is 2. The average Bonchev–Trinajstić information content (AvgIpc) is 3.32. The van der Waals surface area contributed by atoms with Gasteiger partial charge in [-0.05, 0) is 6.92 Å². The van der Waals surface area contributed by atoms with Crippen molar-refractivity contribution >= 4 is 16.9 Å². The van der Waals surface area contributed by atoms with E-state index in [0.717, 1.165) is 0 Å². The molecule has 0 aromatic carbocycles. The van der Waals surface area contributed by atoms with Crippen LogP contribution in [0, 0.1) is 6.92 Å². The molecule has 0 atom stereocenters. The number of nitrogens with one attached hydrogen (secondary N) is 2. The Hall–Kier alpha value is -3.15. The second-order valence-electron chi connectivity index (χ2n) is 7.52. The Morgan fingerprint density at radius 2 is 2.10 bits per heavy atom. The molecular formula is C17H18F2N8O2.